The second-order valence-electron chi connectivity index (χ2n) is 5.41. The molecular weight excluding hydrogens is 330 g/mol. The van der Waals surface area contributed by atoms with Crippen molar-refractivity contribution in [3.05, 3.63) is 28.8 Å². The third-order valence-corrected chi connectivity index (χ3v) is 3.62. The number of alkyl halides is 1. The lowest BCUT2D eigenvalue weighted by Gasteiger charge is -2.21. The average Bonchev–Trinajstić information content (AvgIpc) is 2.28. The summed E-state index contributed by atoms with van der Waals surface area (Å²) in [5.41, 5.74) is 1.19. The fourth-order valence-corrected chi connectivity index (χ4v) is 2.08. The zero-order valence-electron chi connectivity index (χ0n) is 11.6. The highest BCUT2D eigenvalue weighted by Gasteiger charge is 2.18. The van der Waals surface area contributed by atoms with E-state index < -0.39 is 11.7 Å². The van der Waals surface area contributed by atoms with Crippen LogP contribution in [0.25, 0.3) is 0 Å². The van der Waals surface area contributed by atoms with Gasteiger partial charge in [0.1, 0.15) is 5.60 Å². The van der Waals surface area contributed by atoms with E-state index in [-0.39, 0.29) is 5.92 Å². The van der Waals surface area contributed by atoms with E-state index in [2.05, 4.69) is 28.2 Å². The van der Waals surface area contributed by atoms with Crippen LogP contribution in [-0.2, 0) is 4.74 Å². The van der Waals surface area contributed by atoms with E-state index in [0.717, 1.165) is 16.6 Å². The molecule has 1 unspecified atom stereocenters. The van der Waals surface area contributed by atoms with Gasteiger partial charge in [-0.25, -0.2) is 4.79 Å². The lowest BCUT2D eigenvalue weighted by Crippen LogP contribution is -2.27. The predicted octanol–water partition coefficient (Wildman–Crippen LogP) is 5.19. The molecule has 0 radical (unpaired) electrons. The SMILES string of the molecule is CC(CBr)c1cc(Cl)ccc1NC(=O)OC(C)(C)C. The first-order chi connectivity index (χ1) is 8.73. The van der Waals surface area contributed by atoms with Crippen LogP contribution < -0.4 is 5.32 Å². The van der Waals surface area contributed by atoms with Crippen LogP contribution in [0.5, 0.6) is 0 Å². The Balaban J connectivity index is 2.91. The normalized spacial score (nSPS) is 12.9. The number of halogens is 2. The van der Waals surface area contributed by atoms with Crippen LogP contribution in [0.15, 0.2) is 18.2 Å². The Labute approximate surface area is 127 Å². The van der Waals surface area contributed by atoms with Crippen LogP contribution >= 0.6 is 27.5 Å². The Bertz CT molecular complexity index is 457. The van der Waals surface area contributed by atoms with Crippen molar-refractivity contribution in [2.24, 2.45) is 0 Å². The molecule has 0 aromatic heterocycles. The molecule has 0 aliphatic heterocycles. The molecule has 0 heterocycles. The van der Waals surface area contributed by atoms with E-state index in [0.29, 0.717) is 5.02 Å². The highest BCUT2D eigenvalue weighted by Crippen LogP contribution is 2.29. The maximum absolute atomic E-state index is 11.8. The Morgan fingerprint density at radius 1 is 1.47 bits per heavy atom. The Hall–Kier alpha value is -0.740. The molecule has 0 bridgehead atoms. The number of hydrogen-bond donors (Lipinski definition) is 1. The fourth-order valence-electron chi connectivity index (χ4n) is 1.55. The smallest absolute Gasteiger partial charge is 0.412 e. The first-order valence-electron chi connectivity index (χ1n) is 6.08. The van der Waals surface area contributed by atoms with Crippen LogP contribution in [0.4, 0.5) is 10.5 Å². The summed E-state index contributed by atoms with van der Waals surface area (Å²) in [4.78, 5) is 11.8. The zero-order chi connectivity index (χ0) is 14.6. The number of hydrogen-bond acceptors (Lipinski definition) is 2. The lowest BCUT2D eigenvalue weighted by atomic mass is 10.0. The number of benzene rings is 1. The van der Waals surface area contributed by atoms with E-state index >= 15 is 0 Å². The van der Waals surface area contributed by atoms with Gasteiger partial charge in [0.15, 0.2) is 0 Å². The van der Waals surface area contributed by atoms with E-state index in [1.807, 2.05) is 26.8 Å². The summed E-state index contributed by atoms with van der Waals surface area (Å²) >= 11 is 9.44. The summed E-state index contributed by atoms with van der Waals surface area (Å²) in [5, 5.41) is 4.21. The summed E-state index contributed by atoms with van der Waals surface area (Å²) in [6.07, 6.45) is -0.460. The summed E-state index contributed by atoms with van der Waals surface area (Å²) in [6.45, 7) is 7.55. The third-order valence-electron chi connectivity index (χ3n) is 2.41. The molecule has 0 aliphatic rings. The largest absolute Gasteiger partial charge is 0.444 e. The van der Waals surface area contributed by atoms with Crippen LogP contribution in [0, 0.1) is 0 Å². The van der Waals surface area contributed by atoms with Crippen LogP contribution in [-0.4, -0.2) is 17.0 Å². The number of nitrogens with one attached hydrogen (secondary N) is 1. The quantitative estimate of drug-likeness (QED) is 0.764. The molecule has 3 nitrogen and oxygen atoms in total. The minimum absolute atomic E-state index is 0.239. The summed E-state index contributed by atoms with van der Waals surface area (Å²) in [6, 6.07) is 5.40. The fraction of sp³-hybridized carbons (Fsp3) is 0.500. The van der Waals surface area contributed by atoms with Gasteiger partial charge in [0.05, 0.1) is 0 Å². The van der Waals surface area contributed by atoms with Gasteiger partial charge in [-0.15, -0.1) is 0 Å². The molecule has 0 fully saturated rings. The van der Waals surface area contributed by atoms with E-state index in [4.69, 9.17) is 16.3 Å². The van der Waals surface area contributed by atoms with E-state index in [9.17, 15) is 4.79 Å². The molecule has 106 valence electrons. The van der Waals surface area contributed by atoms with Crippen molar-refractivity contribution in [1.29, 1.82) is 0 Å². The summed E-state index contributed by atoms with van der Waals surface area (Å²) in [5.74, 6) is 0.239. The van der Waals surface area contributed by atoms with Gasteiger partial charge in [-0.1, -0.05) is 34.5 Å². The average molecular weight is 349 g/mol. The van der Waals surface area contributed by atoms with Crippen molar-refractivity contribution >= 4 is 39.3 Å². The lowest BCUT2D eigenvalue weighted by molar-refractivity contribution is 0.0636. The first-order valence-corrected chi connectivity index (χ1v) is 7.58. The van der Waals surface area contributed by atoms with Crippen LogP contribution in [0.2, 0.25) is 5.02 Å². The molecule has 1 rings (SSSR count). The Kier molecular flexibility index (Phi) is 5.68. The zero-order valence-corrected chi connectivity index (χ0v) is 13.9. The van der Waals surface area contributed by atoms with Crippen molar-refractivity contribution < 1.29 is 9.53 Å². The number of anilines is 1. The van der Waals surface area contributed by atoms with Crippen molar-refractivity contribution in [3.8, 4) is 0 Å². The van der Waals surface area contributed by atoms with Gasteiger partial charge >= 0.3 is 6.09 Å². The van der Waals surface area contributed by atoms with Crippen molar-refractivity contribution in [3.63, 3.8) is 0 Å². The molecule has 1 N–H and O–H groups in total. The highest BCUT2D eigenvalue weighted by molar-refractivity contribution is 9.09. The Morgan fingerprint density at radius 2 is 2.11 bits per heavy atom. The molecule has 1 aromatic carbocycles. The standard InChI is InChI=1S/C14H19BrClNO2/c1-9(8-15)11-7-10(16)5-6-12(11)17-13(18)19-14(2,3)4/h5-7,9H,8H2,1-4H3,(H,17,18). The second kappa shape index (κ2) is 6.62. The number of rotatable bonds is 3. The van der Waals surface area contributed by atoms with Gasteiger partial charge in [-0.05, 0) is 50.5 Å². The molecular formula is C14H19BrClNO2. The topological polar surface area (TPSA) is 38.3 Å². The molecule has 0 saturated heterocycles. The minimum Gasteiger partial charge on any atom is -0.444 e. The molecule has 19 heavy (non-hydrogen) atoms. The Morgan fingerprint density at radius 3 is 2.63 bits per heavy atom. The van der Waals surface area contributed by atoms with E-state index in [1.54, 1.807) is 12.1 Å². The highest BCUT2D eigenvalue weighted by atomic mass is 79.9. The maximum Gasteiger partial charge on any atom is 0.412 e. The number of ether oxygens (including phenoxy) is 1. The molecule has 1 atom stereocenters. The first kappa shape index (κ1) is 16.3. The van der Waals surface area contributed by atoms with Gasteiger partial charge in [0.25, 0.3) is 0 Å². The molecule has 1 aromatic rings. The molecule has 0 aliphatic carbocycles. The van der Waals surface area contributed by atoms with Gasteiger partial charge < -0.3 is 4.74 Å². The maximum atomic E-state index is 11.8. The van der Waals surface area contributed by atoms with Crippen LogP contribution in [0.3, 0.4) is 0 Å². The molecule has 0 saturated carbocycles. The van der Waals surface area contributed by atoms with Crippen molar-refractivity contribution in [1.82, 2.24) is 0 Å². The number of carbonyl (C=O) groups is 1. The molecule has 5 heteroatoms. The van der Waals surface area contributed by atoms with E-state index in [1.165, 1.54) is 0 Å². The van der Waals surface area contributed by atoms with Crippen molar-refractivity contribution in [2.45, 2.75) is 39.2 Å². The number of carbonyl (C=O) groups excluding carboxylic acids is 1. The minimum atomic E-state index is -0.516. The monoisotopic (exact) mass is 347 g/mol. The third kappa shape index (κ3) is 5.41. The van der Waals surface area contributed by atoms with Crippen LogP contribution in [0.1, 0.15) is 39.2 Å². The summed E-state index contributed by atoms with van der Waals surface area (Å²) < 4.78 is 5.25. The van der Waals surface area contributed by atoms with Gasteiger partial charge in [0, 0.05) is 16.0 Å². The van der Waals surface area contributed by atoms with Gasteiger partial charge in [-0.3, -0.25) is 5.32 Å². The van der Waals surface area contributed by atoms with Gasteiger partial charge in [0.2, 0.25) is 0 Å². The summed E-state index contributed by atoms with van der Waals surface area (Å²) in [7, 11) is 0. The molecule has 0 spiro atoms. The second-order valence-corrected chi connectivity index (χ2v) is 6.50. The predicted molar refractivity (Wildman–Crippen MR) is 83.5 cm³/mol. The number of amides is 1. The molecule has 1 amide bonds. The van der Waals surface area contributed by atoms with Crippen molar-refractivity contribution in [2.75, 3.05) is 10.6 Å². The van der Waals surface area contributed by atoms with Gasteiger partial charge in [-0.2, -0.15) is 0 Å².